The van der Waals surface area contributed by atoms with Gasteiger partial charge in [0.15, 0.2) is 0 Å². The van der Waals surface area contributed by atoms with Crippen LogP contribution in [0.2, 0.25) is 0 Å². The van der Waals surface area contributed by atoms with Gasteiger partial charge < -0.3 is 5.32 Å². The molecule has 0 fully saturated rings. The second kappa shape index (κ2) is 6.60. The zero-order valence-corrected chi connectivity index (χ0v) is 12.9. The third-order valence-corrected chi connectivity index (χ3v) is 2.73. The van der Waals surface area contributed by atoms with Crippen LogP contribution in [0.3, 0.4) is 0 Å². The molecule has 0 aromatic heterocycles. The summed E-state index contributed by atoms with van der Waals surface area (Å²) in [6.07, 6.45) is 14.7. The maximum atomic E-state index is 5.39. The second-order valence-electron chi connectivity index (χ2n) is 3.85. The van der Waals surface area contributed by atoms with Gasteiger partial charge in [-0.15, -0.1) is 30.7 Å². The van der Waals surface area contributed by atoms with Gasteiger partial charge >= 0.3 is 0 Å². The molecule has 0 bridgehead atoms. The molecule has 1 aromatic carbocycles. The fraction of sp³-hybridized carbons (Fsp3) is 0.125. The molecule has 1 unspecified atom stereocenters. The van der Waals surface area contributed by atoms with E-state index in [1.54, 1.807) is 0 Å². The molecule has 1 radical (unpaired) electrons. The minimum absolute atomic E-state index is 0. The fourth-order valence-electron chi connectivity index (χ4n) is 1.69. The molecule has 0 amide bonds. The van der Waals surface area contributed by atoms with Gasteiger partial charge in [-0.05, 0) is 0 Å². The Kier molecular flexibility index (Phi) is 5.42. The van der Waals surface area contributed by atoms with Crippen LogP contribution < -0.4 is 5.32 Å². The van der Waals surface area contributed by atoms with Crippen molar-refractivity contribution in [1.82, 2.24) is 5.32 Å². The molecule has 85 valence electrons. The van der Waals surface area contributed by atoms with Crippen molar-refractivity contribution in [2.45, 2.75) is 6.42 Å². The number of allylic oxidation sites excluding steroid dienone is 2. The molecule has 2 rings (SSSR count). The van der Waals surface area contributed by atoms with E-state index in [1.807, 2.05) is 24.3 Å². The van der Waals surface area contributed by atoms with E-state index in [0.29, 0.717) is 6.42 Å². The Bertz CT molecular complexity index is 552. The van der Waals surface area contributed by atoms with E-state index < -0.39 is 0 Å². The van der Waals surface area contributed by atoms with E-state index in [-0.39, 0.29) is 38.6 Å². The van der Waals surface area contributed by atoms with Crippen LogP contribution in [0.4, 0.5) is 0 Å². The van der Waals surface area contributed by atoms with Gasteiger partial charge in [-0.25, -0.2) is 6.08 Å². The molecule has 1 N–H and O–H groups in total. The summed E-state index contributed by atoms with van der Waals surface area (Å²) in [7, 11) is 0. The predicted molar refractivity (Wildman–Crippen MR) is 70.2 cm³/mol. The normalized spacial score (nSPS) is 17.6. The largest absolute Gasteiger partial charge is 0.393 e. The van der Waals surface area contributed by atoms with Crippen molar-refractivity contribution in [2.24, 2.45) is 5.92 Å². The molecule has 1 aliphatic heterocycles. The average molecular weight is 307 g/mol. The standard InChI is InChI=1S/C16H12N.Y/c1-4-13-6-8-15(9-7-13)16-11-10-14(5-2)12(3)17-16;/h1-2,6-9,14,17H,3,10H2;/q-1;. The molecule has 0 saturated carbocycles. The number of nitrogens with one attached hydrogen (secondary N) is 1. The molecule has 18 heavy (non-hydrogen) atoms. The van der Waals surface area contributed by atoms with E-state index in [2.05, 4.69) is 29.8 Å². The van der Waals surface area contributed by atoms with Gasteiger partial charge in [0.2, 0.25) is 0 Å². The molecule has 1 nitrogen and oxygen atoms in total. The smallest absolute Gasteiger partial charge is 0.0469 e. The van der Waals surface area contributed by atoms with Gasteiger partial charge in [0.1, 0.15) is 0 Å². The van der Waals surface area contributed by atoms with Crippen LogP contribution >= 0.6 is 0 Å². The van der Waals surface area contributed by atoms with Crippen LogP contribution in [-0.4, -0.2) is 0 Å². The van der Waals surface area contributed by atoms with E-state index >= 15 is 0 Å². The second-order valence-corrected chi connectivity index (χ2v) is 3.85. The van der Waals surface area contributed by atoms with E-state index in [1.165, 1.54) is 0 Å². The fourth-order valence-corrected chi connectivity index (χ4v) is 1.69. The third kappa shape index (κ3) is 3.14. The molecule has 1 aliphatic rings. The number of terminal acetylenes is 2. The van der Waals surface area contributed by atoms with Crippen molar-refractivity contribution in [3.05, 3.63) is 53.7 Å². The number of hydrogen-bond donors (Lipinski definition) is 1. The molecule has 0 aliphatic carbocycles. The Balaban J connectivity index is 0.00000162. The molecule has 0 spiro atoms. The number of hydrogen-bond acceptors (Lipinski definition) is 1. The zero-order chi connectivity index (χ0) is 12.3. The third-order valence-electron chi connectivity index (χ3n) is 2.73. The van der Waals surface area contributed by atoms with E-state index in [0.717, 1.165) is 22.5 Å². The van der Waals surface area contributed by atoms with Crippen LogP contribution in [-0.2, 0) is 32.7 Å². The first-order valence-corrected chi connectivity index (χ1v) is 5.34. The summed E-state index contributed by atoms with van der Waals surface area (Å²) < 4.78 is 0. The molecule has 1 heterocycles. The molecule has 0 saturated heterocycles. The van der Waals surface area contributed by atoms with Crippen LogP contribution in [0.5, 0.6) is 0 Å². The summed E-state index contributed by atoms with van der Waals surface area (Å²) in [4.78, 5) is 0. The summed E-state index contributed by atoms with van der Waals surface area (Å²) >= 11 is 0. The van der Waals surface area contributed by atoms with Crippen molar-refractivity contribution >= 4 is 5.70 Å². The van der Waals surface area contributed by atoms with Crippen LogP contribution in [0.15, 0.2) is 36.5 Å². The number of rotatable bonds is 1. The van der Waals surface area contributed by atoms with Gasteiger partial charge in [-0.3, -0.25) is 0 Å². The van der Waals surface area contributed by atoms with Gasteiger partial charge in [0.05, 0.1) is 0 Å². The molecular formula is C16H12NY-. The monoisotopic (exact) mass is 307 g/mol. The average Bonchev–Trinajstić information content (AvgIpc) is 2.39. The Morgan fingerprint density at radius 3 is 2.44 bits per heavy atom. The van der Waals surface area contributed by atoms with Gasteiger partial charge in [-0.1, -0.05) is 37.0 Å². The minimum atomic E-state index is 0. The van der Waals surface area contributed by atoms with Crippen LogP contribution in [0, 0.1) is 36.7 Å². The van der Waals surface area contributed by atoms with Gasteiger partial charge in [0.25, 0.3) is 0 Å². The zero-order valence-electron chi connectivity index (χ0n) is 10.0. The Morgan fingerprint density at radius 2 is 1.94 bits per heavy atom. The maximum Gasteiger partial charge on any atom is 0.0469 e. The van der Waals surface area contributed by atoms with E-state index in [9.17, 15) is 0 Å². The molecule has 1 atom stereocenters. The van der Waals surface area contributed by atoms with E-state index in [4.69, 9.17) is 12.8 Å². The first-order chi connectivity index (χ1) is 8.24. The SMILES string of the molecule is C#Cc1ccc(C2=[C-]CC(C#C)C(=C)N2)cc1.[Y]. The minimum Gasteiger partial charge on any atom is -0.393 e. The number of benzene rings is 1. The molecule has 1 aromatic rings. The summed E-state index contributed by atoms with van der Waals surface area (Å²) in [5.41, 5.74) is 3.68. The van der Waals surface area contributed by atoms with Crippen molar-refractivity contribution in [2.75, 3.05) is 0 Å². The summed E-state index contributed by atoms with van der Waals surface area (Å²) in [6, 6.07) is 7.74. The quantitative estimate of drug-likeness (QED) is 0.621. The topological polar surface area (TPSA) is 12.0 Å². The van der Waals surface area contributed by atoms with Crippen molar-refractivity contribution in [3.63, 3.8) is 0 Å². The predicted octanol–water partition coefficient (Wildman–Crippen LogP) is 2.57. The Hall–Kier alpha value is -1.28. The van der Waals surface area contributed by atoms with Crippen LogP contribution in [0.1, 0.15) is 17.5 Å². The molecular weight excluding hydrogens is 295 g/mol. The maximum absolute atomic E-state index is 5.39. The summed E-state index contributed by atoms with van der Waals surface area (Å²) in [6.45, 7) is 3.93. The van der Waals surface area contributed by atoms with Gasteiger partial charge in [-0.2, -0.15) is 5.56 Å². The van der Waals surface area contributed by atoms with Gasteiger partial charge in [0, 0.05) is 49.9 Å². The molecule has 2 heteroatoms. The Morgan fingerprint density at radius 1 is 1.28 bits per heavy atom. The summed E-state index contributed by atoms with van der Waals surface area (Å²) in [5, 5.41) is 3.19. The van der Waals surface area contributed by atoms with Crippen molar-refractivity contribution in [3.8, 4) is 24.7 Å². The first-order valence-electron chi connectivity index (χ1n) is 5.34. The van der Waals surface area contributed by atoms with Crippen LogP contribution in [0.25, 0.3) is 5.70 Å². The Labute approximate surface area is 134 Å². The summed E-state index contributed by atoms with van der Waals surface area (Å²) in [5.74, 6) is 5.30. The van der Waals surface area contributed by atoms with Crippen molar-refractivity contribution in [1.29, 1.82) is 0 Å². The first kappa shape index (κ1) is 14.8. The van der Waals surface area contributed by atoms with Crippen molar-refractivity contribution < 1.29 is 32.7 Å².